The molecule has 0 bridgehead atoms. The van der Waals surface area contributed by atoms with E-state index in [-0.39, 0.29) is 0 Å². The van der Waals surface area contributed by atoms with Gasteiger partial charge in [0.2, 0.25) is 0 Å². The Balaban J connectivity index is 1.74. The largest absolute Gasteiger partial charge is 0.340 e. The SMILES string of the molecule is Clc1cccc(-c2nccc(Nc3cccc4ccccc34)n2)c1Cl. The van der Waals surface area contributed by atoms with E-state index in [1.54, 1.807) is 12.3 Å². The van der Waals surface area contributed by atoms with Gasteiger partial charge in [0.05, 0.1) is 10.0 Å². The minimum Gasteiger partial charge on any atom is -0.340 e. The van der Waals surface area contributed by atoms with Crippen molar-refractivity contribution in [1.29, 1.82) is 0 Å². The summed E-state index contributed by atoms with van der Waals surface area (Å²) in [6.07, 6.45) is 1.70. The highest BCUT2D eigenvalue weighted by molar-refractivity contribution is 6.43. The minimum atomic E-state index is 0.450. The number of hydrogen-bond acceptors (Lipinski definition) is 3. The lowest BCUT2D eigenvalue weighted by Crippen LogP contribution is -1.97. The highest BCUT2D eigenvalue weighted by Gasteiger charge is 2.10. The monoisotopic (exact) mass is 365 g/mol. The molecule has 0 spiro atoms. The lowest BCUT2D eigenvalue weighted by molar-refractivity contribution is 1.18. The quantitative estimate of drug-likeness (QED) is 0.459. The maximum absolute atomic E-state index is 6.29. The van der Waals surface area contributed by atoms with Gasteiger partial charge in [-0.15, -0.1) is 0 Å². The van der Waals surface area contributed by atoms with Crippen molar-refractivity contribution in [2.24, 2.45) is 0 Å². The molecule has 1 N–H and O–H groups in total. The predicted molar refractivity (Wildman–Crippen MR) is 105 cm³/mol. The van der Waals surface area contributed by atoms with Crippen molar-refractivity contribution in [3.8, 4) is 11.4 Å². The van der Waals surface area contributed by atoms with E-state index in [0.717, 1.165) is 11.1 Å². The Morgan fingerprint density at radius 2 is 1.60 bits per heavy atom. The van der Waals surface area contributed by atoms with Gasteiger partial charge in [-0.1, -0.05) is 65.7 Å². The number of rotatable bonds is 3. The van der Waals surface area contributed by atoms with E-state index in [1.807, 2.05) is 42.5 Å². The lowest BCUT2D eigenvalue weighted by Gasteiger charge is -2.10. The van der Waals surface area contributed by atoms with Crippen LogP contribution in [0, 0.1) is 0 Å². The molecule has 4 rings (SSSR count). The van der Waals surface area contributed by atoms with E-state index in [0.29, 0.717) is 27.3 Å². The van der Waals surface area contributed by atoms with E-state index in [9.17, 15) is 0 Å². The fraction of sp³-hybridized carbons (Fsp3) is 0. The highest BCUT2D eigenvalue weighted by Crippen LogP contribution is 2.32. The molecule has 122 valence electrons. The Hall–Kier alpha value is -2.62. The summed E-state index contributed by atoms with van der Waals surface area (Å²) in [6, 6.07) is 21.6. The average molecular weight is 366 g/mol. The van der Waals surface area contributed by atoms with E-state index in [4.69, 9.17) is 23.2 Å². The van der Waals surface area contributed by atoms with Gasteiger partial charge in [0.15, 0.2) is 5.82 Å². The Bertz CT molecular complexity index is 1060. The summed E-state index contributed by atoms with van der Waals surface area (Å²) in [5.74, 6) is 1.22. The summed E-state index contributed by atoms with van der Waals surface area (Å²) in [6.45, 7) is 0. The standard InChI is InChI=1S/C20H13Cl2N3/c21-16-9-4-8-15(19(16)22)20-23-12-11-18(25-20)24-17-10-3-6-13-5-1-2-7-14(13)17/h1-12H,(H,23,24,25). The lowest BCUT2D eigenvalue weighted by atomic mass is 10.1. The molecule has 3 nitrogen and oxygen atoms in total. The smallest absolute Gasteiger partial charge is 0.163 e. The number of aromatic nitrogens is 2. The molecular formula is C20H13Cl2N3. The van der Waals surface area contributed by atoms with Crippen LogP contribution in [-0.4, -0.2) is 9.97 Å². The molecule has 1 heterocycles. The molecule has 25 heavy (non-hydrogen) atoms. The van der Waals surface area contributed by atoms with E-state index in [2.05, 4.69) is 33.5 Å². The van der Waals surface area contributed by atoms with Crippen molar-refractivity contribution in [2.75, 3.05) is 5.32 Å². The first kappa shape index (κ1) is 15.9. The van der Waals surface area contributed by atoms with E-state index in [1.165, 1.54) is 5.39 Å². The van der Waals surface area contributed by atoms with Gasteiger partial charge in [-0.3, -0.25) is 0 Å². The summed E-state index contributed by atoms with van der Waals surface area (Å²) < 4.78 is 0. The van der Waals surface area contributed by atoms with Crippen molar-refractivity contribution >= 4 is 45.5 Å². The van der Waals surface area contributed by atoms with Gasteiger partial charge < -0.3 is 5.32 Å². The van der Waals surface area contributed by atoms with Crippen LogP contribution in [0.5, 0.6) is 0 Å². The highest BCUT2D eigenvalue weighted by atomic mass is 35.5. The summed E-state index contributed by atoms with van der Waals surface area (Å²) in [5, 5.41) is 6.59. The average Bonchev–Trinajstić information content (AvgIpc) is 2.65. The molecule has 3 aromatic carbocycles. The molecule has 0 atom stereocenters. The van der Waals surface area contributed by atoms with Crippen molar-refractivity contribution in [2.45, 2.75) is 0 Å². The second kappa shape index (κ2) is 6.71. The molecular weight excluding hydrogens is 353 g/mol. The summed E-state index contributed by atoms with van der Waals surface area (Å²) in [5.41, 5.74) is 1.69. The number of hydrogen-bond donors (Lipinski definition) is 1. The molecule has 5 heteroatoms. The second-order valence-electron chi connectivity index (χ2n) is 5.52. The third-order valence-corrected chi connectivity index (χ3v) is 4.72. The molecule has 0 aliphatic carbocycles. The predicted octanol–water partition coefficient (Wildman–Crippen LogP) is 6.35. The number of anilines is 2. The van der Waals surface area contributed by atoms with Crippen LogP contribution in [0.15, 0.2) is 72.9 Å². The van der Waals surface area contributed by atoms with Crippen LogP contribution in [0.4, 0.5) is 11.5 Å². The Morgan fingerprint density at radius 3 is 2.52 bits per heavy atom. The summed E-state index contributed by atoms with van der Waals surface area (Å²) in [4.78, 5) is 8.90. The summed E-state index contributed by atoms with van der Waals surface area (Å²) in [7, 11) is 0. The third-order valence-electron chi connectivity index (χ3n) is 3.90. The molecule has 0 saturated heterocycles. The number of nitrogens with zero attached hydrogens (tertiary/aromatic N) is 2. The number of halogens is 2. The molecule has 4 aromatic rings. The van der Waals surface area contributed by atoms with Crippen LogP contribution < -0.4 is 5.32 Å². The van der Waals surface area contributed by atoms with Crippen LogP contribution >= 0.6 is 23.2 Å². The normalized spacial score (nSPS) is 10.8. The Morgan fingerprint density at radius 1 is 0.800 bits per heavy atom. The van der Waals surface area contributed by atoms with Gasteiger partial charge in [0, 0.05) is 22.8 Å². The fourth-order valence-electron chi connectivity index (χ4n) is 2.71. The third kappa shape index (κ3) is 3.16. The van der Waals surface area contributed by atoms with Crippen molar-refractivity contribution in [3.05, 3.63) is 83.0 Å². The molecule has 0 radical (unpaired) electrons. The number of fused-ring (bicyclic) bond motifs is 1. The zero-order chi connectivity index (χ0) is 17.2. The second-order valence-corrected chi connectivity index (χ2v) is 6.30. The molecule has 0 saturated carbocycles. The topological polar surface area (TPSA) is 37.8 Å². The molecule has 0 aliphatic rings. The van der Waals surface area contributed by atoms with Crippen LogP contribution in [0.2, 0.25) is 10.0 Å². The van der Waals surface area contributed by atoms with Crippen LogP contribution in [-0.2, 0) is 0 Å². The van der Waals surface area contributed by atoms with Gasteiger partial charge in [-0.25, -0.2) is 9.97 Å². The Kier molecular flexibility index (Phi) is 4.26. The molecule has 0 fully saturated rings. The first-order chi connectivity index (χ1) is 12.2. The minimum absolute atomic E-state index is 0.450. The van der Waals surface area contributed by atoms with Gasteiger partial charge in [-0.2, -0.15) is 0 Å². The molecule has 1 aromatic heterocycles. The zero-order valence-corrected chi connectivity index (χ0v) is 14.6. The summed E-state index contributed by atoms with van der Waals surface area (Å²) >= 11 is 12.4. The van der Waals surface area contributed by atoms with Gasteiger partial charge in [0.25, 0.3) is 0 Å². The number of nitrogens with one attached hydrogen (secondary N) is 1. The molecule has 0 unspecified atom stereocenters. The number of benzene rings is 3. The first-order valence-corrected chi connectivity index (χ1v) is 8.50. The van der Waals surface area contributed by atoms with E-state index < -0.39 is 0 Å². The van der Waals surface area contributed by atoms with Gasteiger partial charge in [0.1, 0.15) is 5.82 Å². The maximum atomic E-state index is 6.29. The van der Waals surface area contributed by atoms with Crippen molar-refractivity contribution in [3.63, 3.8) is 0 Å². The van der Waals surface area contributed by atoms with Crippen LogP contribution in [0.25, 0.3) is 22.2 Å². The zero-order valence-electron chi connectivity index (χ0n) is 13.1. The molecule has 0 aliphatic heterocycles. The van der Waals surface area contributed by atoms with Crippen LogP contribution in [0.1, 0.15) is 0 Å². The Labute approximate surface area is 155 Å². The first-order valence-electron chi connectivity index (χ1n) is 7.74. The van der Waals surface area contributed by atoms with Crippen molar-refractivity contribution < 1.29 is 0 Å². The molecule has 0 amide bonds. The fourth-order valence-corrected chi connectivity index (χ4v) is 3.09. The van der Waals surface area contributed by atoms with Crippen molar-refractivity contribution in [1.82, 2.24) is 9.97 Å². The van der Waals surface area contributed by atoms with Gasteiger partial charge >= 0.3 is 0 Å². The van der Waals surface area contributed by atoms with Gasteiger partial charge in [-0.05, 0) is 29.7 Å². The van der Waals surface area contributed by atoms with E-state index >= 15 is 0 Å². The van der Waals surface area contributed by atoms with Crippen LogP contribution in [0.3, 0.4) is 0 Å². The maximum Gasteiger partial charge on any atom is 0.163 e.